The molecule has 1 aliphatic heterocycles. The van der Waals surface area contributed by atoms with Gasteiger partial charge in [-0.1, -0.05) is 30.3 Å². The quantitative estimate of drug-likeness (QED) is 0.912. The summed E-state index contributed by atoms with van der Waals surface area (Å²) in [5, 5.41) is 0. The normalized spacial score (nSPS) is 16.3. The first-order valence-electron chi connectivity index (χ1n) is 7.29. The molecule has 3 rings (SSSR count). The number of aromatic nitrogens is 1. The van der Waals surface area contributed by atoms with E-state index < -0.39 is 0 Å². The predicted octanol–water partition coefficient (Wildman–Crippen LogP) is 3.11. The third-order valence-electron chi connectivity index (χ3n) is 4.11. The van der Waals surface area contributed by atoms with E-state index in [9.17, 15) is 4.79 Å². The van der Waals surface area contributed by atoms with E-state index >= 15 is 0 Å². The van der Waals surface area contributed by atoms with Crippen LogP contribution >= 0.6 is 0 Å². The number of rotatable bonds is 3. The molecule has 1 aromatic carbocycles. The number of H-pyrrole nitrogens is 1. The van der Waals surface area contributed by atoms with Crippen LogP contribution in [0.1, 0.15) is 28.8 Å². The standard InChI is InChI=1S/C17H20N2O/c20-17(16-6-9-18-13-16)19-10-7-15(8-11-19)12-14-4-2-1-3-5-14/h1-6,9,13,15,18H,7-8,10-12H2. The molecule has 1 fully saturated rings. The Kier molecular flexibility index (Phi) is 3.86. The van der Waals surface area contributed by atoms with Crippen molar-refractivity contribution in [3.63, 3.8) is 0 Å². The molecule has 3 heteroatoms. The number of hydrogen-bond acceptors (Lipinski definition) is 1. The SMILES string of the molecule is O=C(c1cc[nH]c1)N1CCC(Cc2ccccc2)CC1. The van der Waals surface area contributed by atoms with Gasteiger partial charge in [-0.2, -0.15) is 0 Å². The van der Waals surface area contributed by atoms with Crippen LogP contribution in [0.25, 0.3) is 0 Å². The van der Waals surface area contributed by atoms with Crippen LogP contribution in [0.2, 0.25) is 0 Å². The van der Waals surface area contributed by atoms with Crippen molar-refractivity contribution in [2.75, 3.05) is 13.1 Å². The fraction of sp³-hybridized carbons (Fsp3) is 0.353. The maximum atomic E-state index is 12.2. The Balaban J connectivity index is 1.53. The summed E-state index contributed by atoms with van der Waals surface area (Å²) in [6.45, 7) is 1.75. The fourth-order valence-corrected chi connectivity index (χ4v) is 2.93. The predicted molar refractivity (Wildman–Crippen MR) is 79.6 cm³/mol. The largest absolute Gasteiger partial charge is 0.367 e. The van der Waals surface area contributed by atoms with Crippen molar-refractivity contribution in [2.45, 2.75) is 19.3 Å². The molecule has 0 radical (unpaired) electrons. The van der Waals surface area contributed by atoms with Crippen LogP contribution in [0.4, 0.5) is 0 Å². The average molecular weight is 268 g/mol. The van der Waals surface area contributed by atoms with Gasteiger partial charge in [0.25, 0.3) is 5.91 Å². The second-order valence-electron chi connectivity index (χ2n) is 5.52. The van der Waals surface area contributed by atoms with Crippen LogP contribution in [0.15, 0.2) is 48.8 Å². The molecule has 0 unspecified atom stereocenters. The third kappa shape index (κ3) is 2.93. The minimum atomic E-state index is 0.157. The van der Waals surface area contributed by atoms with Gasteiger partial charge in [0.1, 0.15) is 0 Å². The van der Waals surface area contributed by atoms with Crippen LogP contribution in [-0.4, -0.2) is 28.9 Å². The van der Waals surface area contributed by atoms with Crippen molar-refractivity contribution in [1.82, 2.24) is 9.88 Å². The number of nitrogens with zero attached hydrogens (tertiary/aromatic N) is 1. The lowest BCUT2D eigenvalue weighted by Crippen LogP contribution is -2.38. The van der Waals surface area contributed by atoms with Crippen LogP contribution in [0.3, 0.4) is 0 Å². The molecule has 104 valence electrons. The monoisotopic (exact) mass is 268 g/mol. The van der Waals surface area contributed by atoms with Gasteiger partial charge in [-0.05, 0) is 36.8 Å². The molecule has 1 aliphatic rings. The Hall–Kier alpha value is -2.03. The van der Waals surface area contributed by atoms with Crippen LogP contribution in [0, 0.1) is 5.92 Å². The van der Waals surface area contributed by atoms with E-state index in [1.165, 1.54) is 5.56 Å². The van der Waals surface area contributed by atoms with Gasteiger partial charge in [-0.15, -0.1) is 0 Å². The number of carbonyl (C=O) groups is 1. The van der Waals surface area contributed by atoms with Crippen molar-refractivity contribution < 1.29 is 4.79 Å². The minimum Gasteiger partial charge on any atom is -0.367 e. The third-order valence-corrected chi connectivity index (χ3v) is 4.11. The summed E-state index contributed by atoms with van der Waals surface area (Å²) in [5.74, 6) is 0.858. The molecule has 0 spiro atoms. The van der Waals surface area contributed by atoms with Gasteiger partial charge in [0.2, 0.25) is 0 Å². The van der Waals surface area contributed by atoms with Crippen molar-refractivity contribution in [3.05, 3.63) is 59.9 Å². The van der Waals surface area contributed by atoms with Crippen molar-refractivity contribution >= 4 is 5.91 Å². The average Bonchev–Trinajstić information content (AvgIpc) is 3.03. The first-order chi connectivity index (χ1) is 9.83. The van der Waals surface area contributed by atoms with E-state index in [0.29, 0.717) is 5.92 Å². The number of benzene rings is 1. The maximum Gasteiger partial charge on any atom is 0.255 e. The molecule has 2 heterocycles. The summed E-state index contributed by atoms with van der Waals surface area (Å²) < 4.78 is 0. The molecule has 0 saturated carbocycles. The molecule has 0 atom stereocenters. The molecule has 20 heavy (non-hydrogen) atoms. The van der Waals surface area contributed by atoms with Gasteiger partial charge in [0, 0.05) is 25.5 Å². The zero-order valence-electron chi connectivity index (χ0n) is 11.6. The smallest absolute Gasteiger partial charge is 0.255 e. The lowest BCUT2D eigenvalue weighted by molar-refractivity contribution is 0.0691. The maximum absolute atomic E-state index is 12.2. The van der Waals surface area contributed by atoms with E-state index in [1.54, 1.807) is 12.4 Å². The molecule has 1 aromatic heterocycles. The van der Waals surface area contributed by atoms with Gasteiger partial charge in [-0.25, -0.2) is 0 Å². The lowest BCUT2D eigenvalue weighted by Gasteiger charge is -2.32. The second-order valence-corrected chi connectivity index (χ2v) is 5.52. The number of aromatic amines is 1. The summed E-state index contributed by atoms with van der Waals surface area (Å²) in [6.07, 6.45) is 6.91. The Labute approximate surface area is 119 Å². The number of hydrogen-bond donors (Lipinski definition) is 1. The van der Waals surface area contributed by atoms with E-state index in [0.717, 1.165) is 37.9 Å². The Bertz CT molecular complexity index is 540. The number of piperidine rings is 1. The zero-order chi connectivity index (χ0) is 13.8. The first kappa shape index (κ1) is 13.0. The number of nitrogens with one attached hydrogen (secondary N) is 1. The highest BCUT2D eigenvalue weighted by Gasteiger charge is 2.23. The molecular weight excluding hydrogens is 248 g/mol. The van der Waals surface area contributed by atoms with Crippen LogP contribution in [0.5, 0.6) is 0 Å². The summed E-state index contributed by atoms with van der Waals surface area (Å²) in [4.78, 5) is 17.2. The molecule has 3 nitrogen and oxygen atoms in total. The van der Waals surface area contributed by atoms with E-state index in [-0.39, 0.29) is 5.91 Å². The number of amides is 1. The molecule has 1 amide bonds. The summed E-state index contributed by atoms with van der Waals surface area (Å²) in [7, 11) is 0. The molecule has 2 aromatic rings. The van der Waals surface area contributed by atoms with Crippen molar-refractivity contribution in [3.8, 4) is 0 Å². The summed E-state index contributed by atoms with van der Waals surface area (Å²) in [5.41, 5.74) is 2.18. The molecule has 0 bridgehead atoms. The number of likely N-dealkylation sites (tertiary alicyclic amines) is 1. The molecular formula is C17H20N2O. The van der Waals surface area contributed by atoms with Crippen LogP contribution in [-0.2, 0) is 6.42 Å². The minimum absolute atomic E-state index is 0.157. The van der Waals surface area contributed by atoms with E-state index in [4.69, 9.17) is 0 Å². The highest BCUT2D eigenvalue weighted by Crippen LogP contribution is 2.22. The number of carbonyl (C=O) groups excluding carboxylic acids is 1. The Morgan fingerprint density at radius 2 is 1.90 bits per heavy atom. The Morgan fingerprint density at radius 3 is 2.55 bits per heavy atom. The highest BCUT2D eigenvalue weighted by atomic mass is 16.2. The first-order valence-corrected chi connectivity index (χ1v) is 7.29. The van der Waals surface area contributed by atoms with Gasteiger partial charge in [-0.3, -0.25) is 4.79 Å². The van der Waals surface area contributed by atoms with Gasteiger partial charge in [0.15, 0.2) is 0 Å². The van der Waals surface area contributed by atoms with E-state index in [1.807, 2.05) is 11.0 Å². The lowest BCUT2D eigenvalue weighted by atomic mass is 9.90. The second kappa shape index (κ2) is 5.95. The van der Waals surface area contributed by atoms with Crippen molar-refractivity contribution in [1.29, 1.82) is 0 Å². The van der Waals surface area contributed by atoms with Crippen molar-refractivity contribution in [2.24, 2.45) is 5.92 Å². The molecule has 0 aliphatic carbocycles. The van der Waals surface area contributed by atoms with Gasteiger partial charge >= 0.3 is 0 Å². The summed E-state index contributed by atoms with van der Waals surface area (Å²) >= 11 is 0. The fourth-order valence-electron chi connectivity index (χ4n) is 2.93. The van der Waals surface area contributed by atoms with Gasteiger partial charge < -0.3 is 9.88 Å². The molecule has 1 N–H and O–H groups in total. The van der Waals surface area contributed by atoms with Gasteiger partial charge in [0.05, 0.1) is 5.56 Å². The topological polar surface area (TPSA) is 36.1 Å². The molecule has 1 saturated heterocycles. The van der Waals surface area contributed by atoms with E-state index in [2.05, 4.69) is 35.3 Å². The summed E-state index contributed by atoms with van der Waals surface area (Å²) in [6, 6.07) is 12.5. The zero-order valence-corrected chi connectivity index (χ0v) is 11.6. The van der Waals surface area contributed by atoms with Crippen LogP contribution < -0.4 is 0 Å². The highest BCUT2D eigenvalue weighted by molar-refractivity contribution is 5.94. The Morgan fingerprint density at radius 1 is 1.15 bits per heavy atom.